The SMILES string of the molecule is CC[C@H](C)[C@H](N)C(=O)OC(=O)[C@@H](N)Cc1ccccc1.C[C@@H](O)[C@H](N)C(=O)O.O=C(O)[C@@H]1CCCN1. The molecule has 204 valence electrons. The van der Waals surface area contributed by atoms with Crippen LogP contribution in [-0.4, -0.2) is 76.0 Å². The Bertz CT molecular complexity index is 804. The van der Waals surface area contributed by atoms with Crippen LogP contribution in [0.1, 0.15) is 45.6 Å². The molecular formula is C24H40N4O8. The van der Waals surface area contributed by atoms with Gasteiger partial charge in [-0.2, -0.15) is 0 Å². The molecule has 0 aromatic heterocycles. The van der Waals surface area contributed by atoms with Crippen molar-refractivity contribution < 1.29 is 39.2 Å². The number of aliphatic carboxylic acids is 2. The van der Waals surface area contributed by atoms with E-state index in [1.54, 1.807) is 0 Å². The fourth-order valence-corrected chi connectivity index (χ4v) is 2.78. The molecule has 6 atom stereocenters. The highest BCUT2D eigenvalue weighted by molar-refractivity contribution is 5.90. The largest absolute Gasteiger partial charge is 0.480 e. The van der Waals surface area contributed by atoms with E-state index in [9.17, 15) is 19.2 Å². The first-order chi connectivity index (χ1) is 16.8. The van der Waals surface area contributed by atoms with E-state index in [2.05, 4.69) is 5.32 Å². The van der Waals surface area contributed by atoms with Crippen LogP contribution in [0.2, 0.25) is 0 Å². The average Bonchev–Trinajstić information content (AvgIpc) is 3.39. The van der Waals surface area contributed by atoms with Crippen molar-refractivity contribution in [2.45, 2.75) is 76.7 Å². The molecule has 0 saturated carbocycles. The minimum absolute atomic E-state index is 0.0411. The molecule has 1 aliphatic heterocycles. The minimum atomic E-state index is -1.18. The van der Waals surface area contributed by atoms with E-state index in [4.69, 9.17) is 37.3 Å². The van der Waals surface area contributed by atoms with E-state index in [-0.39, 0.29) is 12.0 Å². The fourth-order valence-electron chi connectivity index (χ4n) is 2.78. The molecule has 12 nitrogen and oxygen atoms in total. The van der Waals surface area contributed by atoms with Crippen LogP contribution in [0.5, 0.6) is 0 Å². The molecule has 0 spiro atoms. The smallest absolute Gasteiger partial charge is 0.330 e. The summed E-state index contributed by atoms with van der Waals surface area (Å²) in [5.41, 5.74) is 17.3. The van der Waals surface area contributed by atoms with Gasteiger partial charge in [-0.05, 0) is 44.2 Å². The minimum Gasteiger partial charge on any atom is -0.480 e. The number of ether oxygens (including phenoxy) is 1. The number of carboxylic acids is 2. The molecule has 10 N–H and O–H groups in total. The number of nitrogens with two attached hydrogens (primary N) is 3. The van der Waals surface area contributed by atoms with E-state index >= 15 is 0 Å². The van der Waals surface area contributed by atoms with Gasteiger partial charge in [-0.15, -0.1) is 0 Å². The number of nitrogens with one attached hydrogen (secondary N) is 1. The van der Waals surface area contributed by atoms with Gasteiger partial charge in [0.1, 0.15) is 24.2 Å². The van der Waals surface area contributed by atoms with Crippen molar-refractivity contribution in [2.24, 2.45) is 23.1 Å². The van der Waals surface area contributed by atoms with E-state index in [1.807, 2.05) is 44.2 Å². The Morgan fingerprint density at radius 3 is 1.97 bits per heavy atom. The molecule has 1 saturated heterocycles. The molecule has 0 amide bonds. The Kier molecular flexibility index (Phi) is 16.1. The van der Waals surface area contributed by atoms with Gasteiger partial charge in [0.2, 0.25) is 0 Å². The van der Waals surface area contributed by atoms with Crippen molar-refractivity contribution in [3.05, 3.63) is 35.9 Å². The van der Waals surface area contributed by atoms with Gasteiger partial charge in [-0.25, -0.2) is 9.59 Å². The number of aliphatic hydroxyl groups excluding tert-OH is 1. The van der Waals surface area contributed by atoms with E-state index < -0.39 is 48.1 Å². The number of rotatable bonds is 9. The number of carbonyl (C=O) groups is 4. The maximum atomic E-state index is 11.7. The predicted molar refractivity (Wildman–Crippen MR) is 133 cm³/mol. The fraction of sp³-hybridized carbons (Fsp3) is 0.583. The van der Waals surface area contributed by atoms with Crippen molar-refractivity contribution >= 4 is 23.9 Å². The number of hydrogen-bond acceptors (Lipinski definition) is 10. The lowest BCUT2D eigenvalue weighted by Crippen LogP contribution is -2.43. The molecule has 36 heavy (non-hydrogen) atoms. The number of esters is 2. The maximum Gasteiger partial charge on any atom is 0.330 e. The summed E-state index contributed by atoms with van der Waals surface area (Å²) < 4.78 is 4.74. The van der Waals surface area contributed by atoms with Gasteiger partial charge in [0.15, 0.2) is 0 Å². The summed E-state index contributed by atoms with van der Waals surface area (Å²) in [6, 6.07) is 6.22. The third kappa shape index (κ3) is 13.3. The third-order valence-electron chi connectivity index (χ3n) is 5.49. The molecule has 0 aliphatic carbocycles. The molecule has 1 aromatic rings. The molecule has 1 aliphatic rings. The van der Waals surface area contributed by atoms with Gasteiger partial charge in [0, 0.05) is 0 Å². The maximum absolute atomic E-state index is 11.7. The predicted octanol–water partition coefficient (Wildman–Crippen LogP) is -0.398. The van der Waals surface area contributed by atoms with Crippen LogP contribution in [0, 0.1) is 5.92 Å². The lowest BCUT2D eigenvalue weighted by molar-refractivity contribution is -0.162. The molecule has 0 unspecified atom stereocenters. The van der Waals surface area contributed by atoms with Crippen molar-refractivity contribution in [1.29, 1.82) is 0 Å². The van der Waals surface area contributed by atoms with E-state index in [0.717, 1.165) is 31.4 Å². The van der Waals surface area contributed by atoms with Crippen LogP contribution in [0.3, 0.4) is 0 Å². The van der Waals surface area contributed by atoms with Crippen LogP contribution in [-0.2, 0) is 30.3 Å². The van der Waals surface area contributed by atoms with Gasteiger partial charge in [-0.3, -0.25) is 9.59 Å². The number of carbonyl (C=O) groups excluding carboxylic acids is 2. The Balaban J connectivity index is 0.000000625. The summed E-state index contributed by atoms with van der Waals surface area (Å²) in [5, 5.41) is 27.8. The Hall–Kier alpha value is -2.90. The lowest BCUT2D eigenvalue weighted by Gasteiger charge is -2.17. The Labute approximate surface area is 211 Å². The summed E-state index contributed by atoms with van der Waals surface area (Å²) in [7, 11) is 0. The first-order valence-electron chi connectivity index (χ1n) is 11.7. The second-order valence-electron chi connectivity index (χ2n) is 8.54. The second kappa shape index (κ2) is 17.5. The molecule has 0 radical (unpaired) electrons. The number of hydrogen-bond donors (Lipinski definition) is 7. The molecule has 1 aromatic carbocycles. The van der Waals surface area contributed by atoms with Crippen LogP contribution in [0.4, 0.5) is 0 Å². The van der Waals surface area contributed by atoms with Gasteiger partial charge in [0.25, 0.3) is 0 Å². The number of aliphatic hydroxyl groups is 1. The van der Waals surface area contributed by atoms with Gasteiger partial charge in [0.05, 0.1) is 6.10 Å². The zero-order chi connectivity index (χ0) is 27.8. The number of benzene rings is 1. The topological polar surface area (TPSA) is 228 Å². The third-order valence-corrected chi connectivity index (χ3v) is 5.49. The van der Waals surface area contributed by atoms with Crippen LogP contribution >= 0.6 is 0 Å². The summed E-state index contributed by atoms with van der Waals surface area (Å²) >= 11 is 0. The highest BCUT2D eigenvalue weighted by Crippen LogP contribution is 2.08. The van der Waals surface area contributed by atoms with Crippen LogP contribution in [0.25, 0.3) is 0 Å². The van der Waals surface area contributed by atoms with Crippen molar-refractivity contribution in [2.75, 3.05) is 6.54 Å². The van der Waals surface area contributed by atoms with Gasteiger partial charge in [-0.1, -0.05) is 50.6 Å². The van der Waals surface area contributed by atoms with E-state index in [1.165, 1.54) is 6.92 Å². The molecule has 1 fully saturated rings. The highest BCUT2D eigenvalue weighted by Gasteiger charge is 2.26. The summed E-state index contributed by atoms with van der Waals surface area (Å²) in [6.07, 6.45) is 1.87. The lowest BCUT2D eigenvalue weighted by atomic mass is 10.0. The van der Waals surface area contributed by atoms with Crippen molar-refractivity contribution in [3.8, 4) is 0 Å². The standard InChI is InChI=1S/C15H22N2O3.C5H9NO2.C4H9NO3/c1-3-10(2)13(17)15(19)20-14(18)12(16)9-11-7-5-4-6-8-11;7-5(8)4-2-1-3-6-4;1-2(6)3(5)4(7)8/h4-8,10,12-13H,3,9,16-17H2,1-2H3;4,6H,1-3H2,(H,7,8);2-3,6H,5H2,1H3,(H,7,8)/t10-,12-,13-;4-;2-,3+/m001/s1. The van der Waals surface area contributed by atoms with E-state index in [0.29, 0.717) is 6.42 Å². The first kappa shape index (κ1) is 33.1. The first-order valence-corrected chi connectivity index (χ1v) is 11.7. The zero-order valence-electron chi connectivity index (χ0n) is 21.0. The molecule has 12 heteroatoms. The molecular weight excluding hydrogens is 472 g/mol. The zero-order valence-corrected chi connectivity index (χ0v) is 21.0. The quantitative estimate of drug-likeness (QED) is 0.166. The summed E-state index contributed by atoms with van der Waals surface area (Å²) in [5.74, 6) is -3.39. The van der Waals surface area contributed by atoms with Gasteiger partial charge >= 0.3 is 23.9 Å². The van der Waals surface area contributed by atoms with Crippen LogP contribution in [0.15, 0.2) is 30.3 Å². The Morgan fingerprint density at radius 2 is 1.61 bits per heavy atom. The normalized spacial score (nSPS) is 18.6. The van der Waals surface area contributed by atoms with Crippen molar-refractivity contribution in [3.63, 3.8) is 0 Å². The summed E-state index contributed by atoms with van der Waals surface area (Å²) in [6.45, 7) is 5.94. The van der Waals surface area contributed by atoms with Gasteiger partial charge < -0.3 is 42.6 Å². The van der Waals surface area contributed by atoms with Crippen molar-refractivity contribution in [1.82, 2.24) is 5.32 Å². The summed E-state index contributed by atoms with van der Waals surface area (Å²) in [4.78, 5) is 43.4. The number of carboxylic acid groups (broad SMARTS) is 2. The molecule has 0 bridgehead atoms. The molecule has 2 rings (SSSR count). The monoisotopic (exact) mass is 512 g/mol. The Morgan fingerprint density at radius 1 is 1.03 bits per heavy atom. The highest BCUT2D eigenvalue weighted by atomic mass is 16.6. The second-order valence-corrected chi connectivity index (χ2v) is 8.54. The average molecular weight is 513 g/mol. The molecule has 1 heterocycles. The van der Waals surface area contributed by atoms with Crippen LogP contribution < -0.4 is 22.5 Å².